The monoisotopic (exact) mass is 345 g/mol. The molecule has 136 valence electrons. The molecule has 0 saturated carbocycles. The fraction of sp³-hybridized carbons (Fsp3) is 0.579. The van der Waals surface area contributed by atoms with Crippen LogP contribution in [-0.4, -0.2) is 56.1 Å². The van der Waals surface area contributed by atoms with Gasteiger partial charge in [-0.05, 0) is 63.4 Å². The first kappa shape index (κ1) is 17.9. The highest BCUT2D eigenvalue weighted by Gasteiger charge is 2.25. The number of nitrogens with one attached hydrogen (secondary N) is 2. The van der Waals surface area contributed by atoms with Crippen LogP contribution in [-0.2, 0) is 9.53 Å². The summed E-state index contributed by atoms with van der Waals surface area (Å²) in [6.07, 6.45) is 3.49. The third-order valence-corrected chi connectivity index (χ3v) is 4.90. The van der Waals surface area contributed by atoms with Crippen molar-refractivity contribution in [3.63, 3.8) is 0 Å². The molecule has 3 rings (SSSR count). The zero-order valence-electron chi connectivity index (χ0n) is 14.8. The summed E-state index contributed by atoms with van der Waals surface area (Å²) in [4.78, 5) is 26.9. The molecule has 2 aliphatic rings. The Bertz CT molecular complexity index is 612. The second-order valence-electron chi connectivity index (χ2n) is 6.89. The van der Waals surface area contributed by atoms with Crippen molar-refractivity contribution in [2.24, 2.45) is 5.92 Å². The number of ether oxygens (including phenoxy) is 1. The number of carbonyl (C=O) groups excluding carboxylic acids is 2. The average Bonchev–Trinajstić information content (AvgIpc) is 3.17. The molecule has 0 spiro atoms. The van der Waals surface area contributed by atoms with E-state index in [1.165, 1.54) is 0 Å². The highest BCUT2D eigenvalue weighted by atomic mass is 16.5. The summed E-state index contributed by atoms with van der Waals surface area (Å²) in [7, 11) is 1.95. The number of carbonyl (C=O) groups is 2. The summed E-state index contributed by atoms with van der Waals surface area (Å²) in [6, 6.07) is 7.19. The summed E-state index contributed by atoms with van der Waals surface area (Å²) in [5.41, 5.74) is 1.27. The van der Waals surface area contributed by atoms with E-state index in [4.69, 9.17) is 4.74 Å². The highest BCUT2D eigenvalue weighted by molar-refractivity contribution is 5.98. The van der Waals surface area contributed by atoms with Crippen LogP contribution in [0.15, 0.2) is 24.3 Å². The van der Waals surface area contributed by atoms with Crippen LogP contribution in [0.2, 0.25) is 0 Å². The largest absolute Gasteiger partial charge is 0.368 e. The minimum Gasteiger partial charge on any atom is -0.368 e. The molecule has 2 unspecified atom stereocenters. The lowest BCUT2D eigenvalue weighted by Gasteiger charge is -2.32. The van der Waals surface area contributed by atoms with Crippen LogP contribution in [0.1, 0.15) is 36.0 Å². The molecule has 2 aliphatic heterocycles. The Morgan fingerprint density at radius 2 is 2.16 bits per heavy atom. The third kappa shape index (κ3) is 4.58. The molecule has 2 N–H and O–H groups in total. The number of hydrogen-bond donors (Lipinski definition) is 2. The van der Waals surface area contributed by atoms with Gasteiger partial charge >= 0.3 is 0 Å². The van der Waals surface area contributed by atoms with E-state index < -0.39 is 0 Å². The Kier molecular flexibility index (Phi) is 6.04. The first-order chi connectivity index (χ1) is 12.2. The summed E-state index contributed by atoms with van der Waals surface area (Å²) in [5.74, 6) is 0.410. The number of anilines is 1. The number of piperidine rings is 1. The predicted octanol–water partition coefficient (Wildman–Crippen LogP) is 1.88. The smallest absolute Gasteiger partial charge is 0.253 e. The lowest BCUT2D eigenvalue weighted by molar-refractivity contribution is -0.124. The minimum atomic E-state index is -0.372. The second-order valence-corrected chi connectivity index (χ2v) is 6.89. The van der Waals surface area contributed by atoms with Crippen molar-refractivity contribution >= 4 is 17.5 Å². The normalized spacial score (nSPS) is 23.5. The molecule has 2 amide bonds. The van der Waals surface area contributed by atoms with Crippen LogP contribution < -0.4 is 10.6 Å². The zero-order valence-corrected chi connectivity index (χ0v) is 14.8. The lowest BCUT2D eigenvalue weighted by Crippen LogP contribution is -2.42. The maximum atomic E-state index is 12.8. The molecule has 6 nitrogen and oxygen atoms in total. The van der Waals surface area contributed by atoms with Crippen molar-refractivity contribution in [3.05, 3.63) is 29.8 Å². The van der Waals surface area contributed by atoms with Gasteiger partial charge in [0.05, 0.1) is 0 Å². The molecule has 0 aromatic heterocycles. The fourth-order valence-corrected chi connectivity index (χ4v) is 3.62. The lowest BCUT2D eigenvalue weighted by atomic mass is 9.97. The Morgan fingerprint density at radius 3 is 2.92 bits per heavy atom. The Morgan fingerprint density at radius 1 is 1.28 bits per heavy atom. The van der Waals surface area contributed by atoms with Crippen LogP contribution in [0.3, 0.4) is 0 Å². The first-order valence-electron chi connectivity index (χ1n) is 9.14. The van der Waals surface area contributed by atoms with Gasteiger partial charge in [0.2, 0.25) is 0 Å². The predicted molar refractivity (Wildman–Crippen MR) is 96.6 cm³/mol. The molecule has 0 aliphatic carbocycles. The van der Waals surface area contributed by atoms with Gasteiger partial charge in [0.15, 0.2) is 0 Å². The molecule has 0 bridgehead atoms. The van der Waals surface area contributed by atoms with Gasteiger partial charge in [-0.25, -0.2) is 0 Å². The van der Waals surface area contributed by atoms with Gasteiger partial charge in [-0.1, -0.05) is 6.07 Å². The van der Waals surface area contributed by atoms with Gasteiger partial charge in [0.1, 0.15) is 6.10 Å². The van der Waals surface area contributed by atoms with Crippen molar-refractivity contribution < 1.29 is 14.3 Å². The Balaban J connectivity index is 1.63. The molecule has 1 aromatic rings. The van der Waals surface area contributed by atoms with E-state index in [-0.39, 0.29) is 17.9 Å². The first-order valence-corrected chi connectivity index (χ1v) is 9.14. The Labute approximate surface area is 148 Å². The number of likely N-dealkylation sites (tertiary alicyclic amines) is 1. The summed E-state index contributed by atoms with van der Waals surface area (Å²) in [5, 5.41) is 6.06. The van der Waals surface area contributed by atoms with Crippen LogP contribution >= 0.6 is 0 Å². The van der Waals surface area contributed by atoms with E-state index in [1.54, 1.807) is 6.07 Å². The molecular weight excluding hydrogens is 318 g/mol. The van der Waals surface area contributed by atoms with E-state index in [9.17, 15) is 9.59 Å². The van der Waals surface area contributed by atoms with Crippen molar-refractivity contribution in [2.45, 2.75) is 31.8 Å². The standard InChI is InChI=1S/C19H27N3O3/c1-20-12-14-5-3-9-22(13-14)19(24)15-6-2-7-16(11-15)21-18(23)17-8-4-10-25-17/h2,6-7,11,14,17,20H,3-5,8-10,12-13H2,1H3,(H,21,23). The number of amides is 2. The molecule has 6 heteroatoms. The number of benzene rings is 1. The average molecular weight is 345 g/mol. The van der Waals surface area contributed by atoms with Gasteiger partial charge in [0, 0.05) is 30.9 Å². The van der Waals surface area contributed by atoms with Crippen LogP contribution in [0, 0.1) is 5.92 Å². The van der Waals surface area contributed by atoms with Crippen molar-refractivity contribution in [2.75, 3.05) is 38.6 Å². The minimum absolute atomic E-state index is 0.0361. The van der Waals surface area contributed by atoms with Gasteiger partial charge < -0.3 is 20.3 Å². The van der Waals surface area contributed by atoms with E-state index >= 15 is 0 Å². The fourth-order valence-electron chi connectivity index (χ4n) is 3.62. The summed E-state index contributed by atoms with van der Waals surface area (Å²) >= 11 is 0. The molecule has 2 heterocycles. The van der Waals surface area contributed by atoms with Crippen LogP contribution in [0.25, 0.3) is 0 Å². The highest BCUT2D eigenvalue weighted by Crippen LogP contribution is 2.20. The van der Waals surface area contributed by atoms with Gasteiger partial charge in [-0.15, -0.1) is 0 Å². The Hall–Kier alpha value is -1.92. The quantitative estimate of drug-likeness (QED) is 0.855. The number of nitrogens with zero attached hydrogens (tertiary/aromatic N) is 1. The van der Waals surface area contributed by atoms with Crippen molar-refractivity contribution in [3.8, 4) is 0 Å². The number of hydrogen-bond acceptors (Lipinski definition) is 4. The van der Waals surface area contributed by atoms with E-state index in [2.05, 4.69) is 10.6 Å². The molecule has 2 saturated heterocycles. The van der Waals surface area contributed by atoms with Crippen LogP contribution in [0.4, 0.5) is 5.69 Å². The van der Waals surface area contributed by atoms with Gasteiger partial charge in [-0.3, -0.25) is 9.59 Å². The molecule has 25 heavy (non-hydrogen) atoms. The summed E-state index contributed by atoms with van der Waals surface area (Å²) < 4.78 is 5.40. The maximum Gasteiger partial charge on any atom is 0.253 e. The third-order valence-electron chi connectivity index (χ3n) is 4.90. The van der Waals surface area contributed by atoms with Crippen LogP contribution in [0.5, 0.6) is 0 Å². The SMILES string of the molecule is CNCC1CCCN(C(=O)c2cccc(NC(=O)C3CCCO3)c2)C1. The van der Waals surface area contributed by atoms with Gasteiger partial charge in [-0.2, -0.15) is 0 Å². The second kappa shape index (κ2) is 8.45. The summed E-state index contributed by atoms with van der Waals surface area (Å²) in [6.45, 7) is 3.15. The van der Waals surface area contributed by atoms with E-state index in [0.29, 0.717) is 23.8 Å². The van der Waals surface area contributed by atoms with E-state index in [1.807, 2.05) is 30.1 Å². The van der Waals surface area contributed by atoms with Gasteiger partial charge in [0.25, 0.3) is 11.8 Å². The molecule has 2 atom stereocenters. The van der Waals surface area contributed by atoms with E-state index in [0.717, 1.165) is 45.3 Å². The van der Waals surface area contributed by atoms with Crippen molar-refractivity contribution in [1.29, 1.82) is 0 Å². The van der Waals surface area contributed by atoms with Crippen molar-refractivity contribution in [1.82, 2.24) is 10.2 Å². The molecule has 2 fully saturated rings. The number of rotatable bonds is 5. The molecular formula is C19H27N3O3. The molecule has 1 aromatic carbocycles. The zero-order chi connectivity index (χ0) is 17.6. The maximum absolute atomic E-state index is 12.8. The topological polar surface area (TPSA) is 70.7 Å². The molecule has 0 radical (unpaired) electrons.